The number of anilines is 1. The predicted octanol–water partition coefficient (Wildman–Crippen LogP) is 3.64. The van der Waals surface area contributed by atoms with Gasteiger partial charge in [0.15, 0.2) is 0 Å². The average Bonchev–Trinajstić information content (AvgIpc) is 3.38. The standard InChI is InChI=1S/C30H38N4O4/c1-19(35)31-17-20-11-13-21(14-12-20)29(36)33-26-10-6-4-8-24(26)30(37)34-16-15-23-27(18-38-2)32-25-9-5-3-7-22(25)28(23)34/h3,5,7,9,11-14,23-24,26-28,32H,4,6,8,10,15-18H2,1-2H3,(H,31,35)(H,33,36)/t23-,24+,26-,27?,28+/m1/s1. The molecule has 5 rings (SSSR count). The maximum atomic E-state index is 14.1. The molecule has 8 heteroatoms. The number of para-hydroxylation sites is 1. The highest BCUT2D eigenvalue weighted by Crippen LogP contribution is 2.47. The van der Waals surface area contributed by atoms with Crippen LogP contribution in [0.15, 0.2) is 48.5 Å². The minimum absolute atomic E-state index is 0.0227. The number of amides is 3. The molecule has 0 bridgehead atoms. The normalized spacial score (nSPS) is 26.1. The Bertz CT molecular complexity index is 1170. The van der Waals surface area contributed by atoms with Crippen molar-refractivity contribution in [3.05, 3.63) is 65.2 Å². The molecule has 202 valence electrons. The van der Waals surface area contributed by atoms with Gasteiger partial charge in [0.25, 0.3) is 5.91 Å². The van der Waals surface area contributed by atoms with E-state index < -0.39 is 0 Å². The molecule has 1 saturated carbocycles. The molecule has 3 aliphatic rings. The summed E-state index contributed by atoms with van der Waals surface area (Å²) in [6.45, 7) is 3.23. The summed E-state index contributed by atoms with van der Waals surface area (Å²) in [6.07, 6.45) is 4.51. The number of likely N-dealkylation sites (tertiary alicyclic amines) is 1. The molecule has 0 radical (unpaired) electrons. The first-order valence-electron chi connectivity index (χ1n) is 13.8. The van der Waals surface area contributed by atoms with Crippen molar-refractivity contribution in [1.29, 1.82) is 0 Å². The maximum Gasteiger partial charge on any atom is 0.251 e. The first-order valence-corrected chi connectivity index (χ1v) is 13.8. The SMILES string of the molecule is COCC1Nc2ccccc2[C@H]2[C@@H]1CCN2C(=O)[C@H]1CCCC[C@H]1NC(=O)c1ccc(CNC(C)=O)cc1. The Kier molecular flexibility index (Phi) is 7.98. The largest absolute Gasteiger partial charge is 0.383 e. The molecular weight excluding hydrogens is 480 g/mol. The predicted molar refractivity (Wildman–Crippen MR) is 145 cm³/mol. The van der Waals surface area contributed by atoms with Crippen LogP contribution in [0.2, 0.25) is 0 Å². The molecule has 2 heterocycles. The number of benzene rings is 2. The van der Waals surface area contributed by atoms with Crippen molar-refractivity contribution in [3.8, 4) is 0 Å². The fourth-order valence-corrected chi connectivity index (χ4v) is 6.49. The molecule has 3 amide bonds. The number of ether oxygens (including phenoxy) is 1. The lowest BCUT2D eigenvalue weighted by Crippen LogP contribution is -2.50. The van der Waals surface area contributed by atoms with Crippen LogP contribution in [-0.4, -0.2) is 55.0 Å². The molecule has 0 spiro atoms. The van der Waals surface area contributed by atoms with Crippen molar-refractivity contribution in [1.82, 2.24) is 15.5 Å². The van der Waals surface area contributed by atoms with Crippen LogP contribution in [0.4, 0.5) is 5.69 Å². The van der Waals surface area contributed by atoms with Crippen molar-refractivity contribution >= 4 is 23.4 Å². The first kappa shape index (κ1) is 26.2. The Morgan fingerprint density at radius 1 is 1.03 bits per heavy atom. The third kappa shape index (κ3) is 5.41. The minimum atomic E-state index is -0.228. The monoisotopic (exact) mass is 518 g/mol. The van der Waals surface area contributed by atoms with E-state index in [-0.39, 0.29) is 41.8 Å². The molecule has 8 nitrogen and oxygen atoms in total. The Morgan fingerprint density at radius 2 is 1.79 bits per heavy atom. The molecule has 3 N–H and O–H groups in total. The average molecular weight is 519 g/mol. The van der Waals surface area contributed by atoms with Crippen LogP contribution in [0.3, 0.4) is 0 Å². The number of methoxy groups -OCH3 is 1. The number of carbonyl (C=O) groups is 3. The number of nitrogens with zero attached hydrogens (tertiary/aromatic N) is 1. The molecule has 2 aromatic rings. The van der Waals surface area contributed by atoms with Crippen LogP contribution in [0.5, 0.6) is 0 Å². The van der Waals surface area contributed by atoms with Gasteiger partial charge in [0, 0.05) is 50.3 Å². The first-order chi connectivity index (χ1) is 18.5. The van der Waals surface area contributed by atoms with Crippen molar-refractivity contribution < 1.29 is 19.1 Å². The maximum absolute atomic E-state index is 14.1. The summed E-state index contributed by atoms with van der Waals surface area (Å²) in [4.78, 5) is 40.5. The van der Waals surface area contributed by atoms with E-state index in [9.17, 15) is 14.4 Å². The second-order valence-corrected chi connectivity index (χ2v) is 10.8. The Hall–Kier alpha value is -3.39. The molecule has 1 saturated heterocycles. The van der Waals surface area contributed by atoms with E-state index in [4.69, 9.17) is 4.74 Å². The van der Waals surface area contributed by atoms with Crippen LogP contribution >= 0.6 is 0 Å². The molecular formula is C30H38N4O4. The van der Waals surface area contributed by atoms with Crippen LogP contribution in [0.25, 0.3) is 0 Å². The lowest BCUT2D eigenvalue weighted by molar-refractivity contribution is -0.139. The molecule has 2 fully saturated rings. The Morgan fingerprint density at radius 3 is 2.55 bits per heavy atom. The summed E-state index contributed by atoms with van der Waals surface area (Å²) < 4.78 is 5.52. The smallest absolute Gasteiger partial charge is 0.251 e. The summed E-state index contributed by atoms with van der Waals surface area (Å²) in [7, 11) is 1.72. The lowest BCUT2D eigenvalue weighted by atomic mass is 9.81. The number of hydrogen-bond donors (Lipinski definition) is 3. The van der Waals surface area contributed by atoms with E-state index in [1.165, 1.54) is 12.5 Å². The van der Waals surface area contributed by atoms with Gasteiger partial charge < -0.3 is 25.6 Å². The van der Waals surface area contributed by atoms with Gasteiger partial charge in [-0.15, -0.1) is 0 Å². The van der Waals surface area contributed by atoms with E-state index >= 15 is 0 Å². The molecule has 38 heavy (non-hydrogen) atoms. The van der Waals surface area contributed by atoms with Crippen LogP contribution in [-0.2, 0) is 20.9 Å². The van der Waals surface area contributed by atoms with Gasteiger partial charge >= 0.3 is 0 Å². The molecule has 0 aromatic heterocycles. The number of rotatable bonds is 7. The van der Waals surface area contributed by atoms with E-state index in [2.05, 4.69) is 33.0 Å². The van der Waals surface area contributed by atoms with E-state index in [0.29, 0.717) is 24.6 Å². The second kappa shape index (κ2) is 11.6. The summed E-state index contributed by atoms with van der Waals surface area (Å²) in [5.41, 5.74) is 3.74. The van der Waals surface area contributed by atoms with Gasteiger partial charge in [-0.2, -0.15) is 0 Å². The molecule has 5 atom stereocenters. The van der Waals surface area contributed by atoms with Gasteiger partial charge in [0.05, 0.1) is 24.6 Å². The third-order valence-corrected chi connectivity index (χ3v) is 8.37. The molecule has 1 aliphatic carbocycles. The highest BCUT2D eigenvalue weighted by atomic mass is 16.5. The highest BCUT2D eigenvalue weighted by Gasteiger charge is 2.48. The van der Waals surface area contributed by atoms with E-state index in [0.717, 1.165) is 49.9 Å². The van der Waals surface area contributed by atoms with Gasteiger partial charge in [0.2, 0.25) is 11.8 Å². The second-order valence-electron chi connectivity index (χ2n) is 10.8. The number of fused-ring (bicyclic) bond motifs is 3. The number of nitrogens with one attached hydrogen (secondary N) is 3. The number of carbonyl (C=O) groups excluding carboxylic acids is 3. The summed E-state index contributed by atoms with van der Waals surface area (Å²) >= 11 is 0. The highest BCUT2D eigenvalue weighted by molar-refractivity contribution is 5.95. The Balaban J connectivity index is 1.31. The summed E-state index contributed by atoms with van der Waals surface area (Å²) in [5.74, 6) is -0.0327. The van der Waals surface area contributed by atoms with Crippen LogP contribution < -0.4 is 16.0 Å². The van der Waals surface area contributed by atoms with Crippen molar-refractivity contribution in [2.24, 2.45) is 11.8 Å². The molecule has 1 unspecified atom stereocenters. The molecule has 2 aliphatic heterocycles. The van der Waals surface area contributed by atoms with Gasteiger partial charge in [-0.05, 0) is 48.6 Å². The van der Waals surface area contributed by atoms with Crippen LogP contribution in [0.1, 0.15) is 66.6 Å². The topological polar surface area (TPSA) is 99.8 Å². The zero-order valence-electron chi connectivity index (χ0n) is 22.2. The van der Waals surface area contributed by atoms with Gasteiger partial charge in [-0.25, -0.2) is 0 Å². The fourth-order valence-electron chi connectivity index (χ4n) is 6.49. The summed E-state index contributed by atoms with van der Waals surface area (Å²) in [5, 5.41) is 9.59. The van der Waals surface area contributed by atoms with Crippen molar-refractivity contribution in [2.75, 3.05) is 25.6 Å². The van der Waals surface area contributed by atoms with Crippen molar-refractivity contribution in [2.45, 2.75) is 63.7 Å². The number of hydrogen-bond acceptors (Lipinski definition) is 5. The third-order valence-electron chi connectivity index (χ3n) is 8.37. The summed E-state index contributed by atoms with van der Waals surface area (Å²) in [6, 6.07) is 15.5. The molecule has 2 aromatic carbocycles. The van der Waals surface area contributed by atoms with Crippen molar-refractivity contribution in [3.63, 3.8) is 0 Å². The van der Waals surface area contributed by atoms with E-state index in [1.807, 2.05) is 24.3 Å². The zero-order valence-corrected chi connectivity index (χ0v) is 22.2. The van der Waals surface area contributed by atoms with Gasteiger partial charge in [-0.1, -0.05) is 43.2 Å². The lowest BCUT2D eigenvalue weighted by Gasteiger charge is -2.41. The minimum Gasteiger partial charge on any atom is -0.383 e. The van der Waals surface area contributed by atoms with Crippen LogP contribution in [0, 0.1) is 11.8 Å². The van der Waals surface area contributed by atoms with E-state index in [1.54, 1.807) is 19.2 Å². The Labute approximate surface area is 224 Å². The quantitative estimate of drug-likeness (QED) is 0.520. The zero-order chi connectivity index (χ0) is 26.6. The fraction of sp³-hybridized carbons (Fsp3) is 0.500. The van der Waals surface area contributed by atoms with Gasteiger partial charge in [-0.3, -0.25) is 14.4 Å². The van der Waals surface area contributed by atoms with Gasteiger partial charge in [0.1, 0.15) is 0 Å².